The Morgan fingerprint density at radius 3 is 2.63 bits per heavy atom. The van der Waals surface area contributed by atoms with E-state index >= 15 is 0 Å². The van der Waals surface area contributed by atoms with Crippen LogP contribution in [-0.4, -0.2) is 44.5 Å². The van der Waals surface area contributed by atoms with E-state index in [1.54, 1.807) is 32.3 Å². The van der Waals surface area contributed by atoms with Crippen LogP contribution in [0.15, 0.2) is 18.2 Å². The van der Waals surface area contributed by atoms with Gasteiger partial charge in [-0.25, -0.2) is 4.79 Å². The van der Waals surface area contributed by atoms with Gasteiger partial charge in [-0.05, 0) is 18.2 Å². The molecule has 1 aromatic carbocycles. The zero-order valence-electron chi connectivity index (χ0n) is 11.4. The van der Waals surface area contributed by atoms with Crippen molar-refractivity contribution in [1.82, 2.24) is 4.90 Å². The van der Waals surface area contributed by atoms with E-state index in [0.717, 1.165) is 0 Å². The lowest BCUT2D eigenvalue weighted by Crippen LogP contribution is -2.24. The molecule has 1 aromatic rings. The summed E-state index contributed by atoms with van der Waals surface area (Å²) in [5.41, 5.74) is 7.35. The minimum Gasteiger partial charge on any atom is -0.465 e. The summed E-state index contributed by atoms with van der Waals surface area (Å²) < 4.78 is 4.64. The number of esters is 1. The lowest BCUT2D eigenvalue weighted by molar-refractivity contribution is -0.128. The average molecular weight is 265 g/mol. The number of hydrogen-bond donors (Lipinski definition) is 2. The number of carbonyl (C=O) groups is 2. The molecular formula is C13H19N3O3. The van der Waals surface area contributed by atoms with Gasteiger partial charge in [-0.3, -0.25) is 4.79 Å². The number of methoxy groups -OCH3 is 1. The molecule has 0 aromatic heterocycles. The summed E-state index contributed by atoms with van der Waals surface area (Å²) in [6.07, 6.45) is 0.356. The number of nitrogen functional groups attached to an aromatic ring is 1. The fourth-order valence-corrected chi connectivity index (χ4v) is 1.48. The number of hydrogen-bond acceptors (Lipinski definition) is 5. The zero-order chi connectivity index (χ0) is 14.4. The van der Waals surface area contributed by atoms with Crippen LogP contribution in [0.1, 0.15) is 16.8 Å². The van der Waals surface area contributed by atoms with E-state index in [4.69, 9.17) is 5.73 Å². The van der Waals surface area contributed by atoms with Gasteiger partial charge in [-0.1, -0.05) is 0 Å². The summed E-state index contributed by atoms with van der Waals surface area (Å²) in [7, 11) is 4.73. The third-order valence-corrected chi connectivity index (χ3v) is 2.63. The molecule has 0 spiro atoms. The maximum Gasteiger partial charge on any atom is 0.337 e. The van der Waals surface area contributed by atoms with Crippen LogP contribution in [0.2, 0.25) is 0 Å². The molecule has 0 atom stereocenters. The van der Waals surface area contributed by atoms with Crippen molar-refractivity contribution in [1.29, 1.82) is 0 Å². The van der Waals surface area contributed by atoms with Crippen molar-refractivity contribution in [3.63, 3.8) is 0 Å². The molecule has 0 bridgehead atoms. The van der Waals surface area contributed by atoms with Gasteiger partial charge in [0.1, 0.15) is 0 Å². The van der Waals surface area contributed by atoms with Gasteiger partial charge in [0.25, 0.3) is 0 Å². The largest absolute Gasteiger partial charge is 0.465 e. The zero-order valence-corrected chi connectivity index (χ0v) is 11.4. The topological polar surface area (TPSA) is 84.7 Å². The predicted molar refractivity (Wildman–Crippen MR) is 74.0 cm³/mol. The van der Waals surface area contributed by atoms with E-state index < -0.39 is 5.97 Å². The monoisotopic (exact) mass is 265 g/mol. The Labute approximate surface area is 112 Å². The Balaban J connectivity index is 2.67. The van der Waals surface area contributed by atoms with E-state index in [0.29, 0.717) is 29.9 Å². The summed E-state index contributed by atoms with van der Waals surface area (Å²) in [5.74, 6) is -0.400. The van der Waals surface area contributed by atoms with Crippen LogP contribution in [0.5, 0.6) is 0 Å². The number of nitrogens with zero attached hydrogens (tertiary/aromatic N) is 1. The van der Waals surface area contributed by atoms with Crippen LogP contribution in [0.4, 0.5) is 11.4 Å². The van der Waals surface area contributed by atoms with E-state index in [9.17, 15) is 9.59 Å². The molecule has 6 nitrogen and oxygen atoms in total. The van der Waals surface area contributed by atoms with Crippen LogP contribution >= 0.6 is 0 Å². The number of rotatable bonds is 5. The van der Waals surface area contributed by atoms with Gasteiger partial charge in [-0.15, -0.1) is 0 Å². The average Bonchev–Trinajstić information content (AvgIpc) is 2.39. The highest BCUT2D eigenvalue weighted by Crippen LogP contribution is 2.20. The Morgan fingerprint density at radius 2 is 2.05 bits per heavy atom. The summed E-state index contributed by atoms with van der Waals surface area (Å²) in [6.45, 7) is 0.450. The Morgan fingerprint density at radius 1 is 1.37 bits per heavy atom. The molecule has 0 radical (unpaired) electrons. The first kappa shape index (κ1) is 14.8. The molecule has 104 valence electrons. The Bertz CT molecular complexity index is 472. The molecule has 6 heteroatoms. The van der Waals surface area contributed by atoms with Crippen molar-refractivity contribution in [2.75, 3.05) is 38.8 Å². The summed E-state index contributed by atoms with van der Waals surface area (Å²) in [6, 6.07) is 4.83. The van der Waals surface area contributed by atoms with E-state index in [1.807, 2.05) is 0 Å². The number of nitrogens with two attached hydrogens (primary N) is 1. The minimum atomic E-state index is -0.424. The molecule has 0 saturated heterocycles. The molecule has 1 amide bonds. The van der Waals surface area contributed by atoms with Crippen LogP contribution in [0.3, 0.4) is 0 Å². The van der Waals surface area contributed by atoms with Crippen LogP contribution in [0.25, 0.3) is 0 Å². The first-order chi connectivity index (χ1) is 8.95. The van der Waals surface area contributed by atoms with Gasteiger partial charge < -0.3 is 20.7 Å². The molecule has 0 heterocycles. The van der Waals surface area contributed by atoms with Gasteiger partial charge in [-0.2, -0.15) is 0 Å². The summed E-state index contributed by atoms with van der Waals surface area (Å²) in [5, 5.41) is 3.04. The predicted octanol–water partition coefficient (Wildman–Crippen LogP) is 0.946. The van der Waals surface area contributed by atoms with Gasteiger partial charge in [0, 0.05) is 27.1 Å². The molecule has 0 unspecified atom stereocenters. The van der Waals surface area contributed by atoms with Gasteiger partial charge >= 0.3 is 5.97 Å². The van der Waals surface area contributed by atoms with Crippen molar-refractivity contribution < 1.29 is 14.3 Å². The fourth-order valence-electron chi connectivity index (χ4n) is 1.48. The van der Waals surface area contributed by atoms with Crippen molar-refractivity contribution in [3.05, 3.63) is 23.8 Å². The standard InChI is InChI=1S/C13H19N3O3/c1-16(2)12(17)6-7-15-11-8-9(13(18)19-3)4-5-10(11)14/h4-5,8,15H,6-7,14H2,1-3H3. The first-order valence-electron chi connectivity index (χ1n) is 5.87. The van der Waals surface area contributed by atoms with Crippen molar-refractivity contribution in [2.24, 2.45) is 0 Å². The highest BCUT2D eigenvalue weighted by molar-refractivity contribution is 5.92. The second kappa shape index (κ2) is 6.63. The van der Waals surface area contributed by atoms with E-state index in [2.05, 4.69) is 10.1 Å². The van der Waals surface area contributed by atoms with Crippen LogP contribution in [-0.2, 0) is 9.53 Å². The molecule has 0 fully saturated rings. The van der Waals surface area contributed by atoms with Gasteiger partial charge in [0.15, 0.2) is 0 Å². The highest BCUT2D eigenvalue weighted by atomic mass is 16.5. The third kappa shape index (κ3) is 4.17. The van der Waals surface area contributed by atoms with Gasteiger partial charge in [0.05, 0.1) is 24.0 Å². The van der Waals surface area contributed by atoms with Crippen molar-refractivity contribution in [2.45, 2.75) is 6.42 Å². The molecule has 1 rings (SSSR count). The number of nitrogens with one attached hydrogen (secondary N) is 1. The van der Waals surface area contributed by atoms with E-state index in [-0.39, 0.29) is 5.91 Å². The van der Waals surface area contributed by atoms with Crippen molar-refractivity contribution in [3.8, 4) is 0 Å². The molecule has 0 saturated carbocycles. The lowest BCUT2D eigenvalue weighted by Gasteiger charge is -2.13. The highest BCUT2D eigenvalue weighted by Gasteiger charge is 2.09. The number of anilines is 2. The van der Waals surface area contributed by atoms with Crippen LogP contribution in [0, 0.1) is 0 Å². The summed E-state index contributed by atoms with van der Waals surface area (Å²) >= 11 is 0. The quantitative estimate of drug-likeness (QED) is 0.611. The smallest absolute Gasteiger partial charge is 0.337 e. The van der Waals surface area contributed by atoms with Crippen LogP contribution < -0.4 is 11.1 Å². The molecule has 0 aliphatic rings. The number of benzene rings is 1. The molecule has 3 N–H and O–H groups in total. The number of carbonyl (C=O) groups excluding carboxylic acids is 2. The summed E-state index contributed by atoms with van der Waals surface area (Å²) in [4.78, 5) is 24.3. The molecular weight excluding hydrogens is 246 g/mol. The first-order valence-corrected chi connectivity index (χ1v) is 5.87. The second-order valence-corrected chi connectivity index (χ2v) is 4.26. The van der Waals surface area contributed by atoms with Gasteiger partial charge in [0.2, 0.25) is 5.91 Å². The maximum absolute atomic E-state index is 11.4. The third-order valence-electron chi connectivity index (χ3n) is 2.63. The molecule has 0 aliphatic carbocycles. The number of amides is 1. The fraction of sp³-hybridized carbons (Fsp3) is 0.385. The maximum atomic E-state index is 11.4. The molecule has 0 aliphatic heterocycles. The van der Waals surface area contributed by atoms with E-state index in [1.165, 1.54) is 12.0 Å². The Kier molecular flexibility index (Phi) is 5.17. The lowest BCUT2D eigenvalue weighted by atomic mass is 10.1. The number of ether oxygens (including phenoxy) is 1. The second-order valence-electron chi connectivity index (χ2n) is 4.26. The normalized spacial score (nSPS) is 9.84. The van der Waals surface area contributed by atoms with Crippen molar-refractivity contribution >= 4 is 23.3 Å². The minimum absolute atomic E-state index is 0.0233. The SMILES string of the molecule is COC(=O)c1ccc(N)c(NCCC(=O)N(C)C)c1. The molecule has 19 heavy (non-hydrogen) atoms. The Hall–Kier alpha value is -2.24.